The van der Waals surface area contributed by atoms with Crippen molar-refractivity contribution >= 4 is 11.6 Å². The highest BCUT2D eigenvalue weighted by Crippen LogP contribution is 2.32. The number of ether oxygens (including phenoxy) is 1. The van der Waals surface area contributed by atoms with Gasteiger partial charge in [0.2, 0.25) is 0 Å². The largest absolute Gasteiger partial charge is 0.496 e. The number of methoxy groups -OCH3 is 1. The van der Waals surface area contributed by atoms with Gasteiger partial charge in [0.25, 0.3) is 0 Å². The van der Waals surface area contributed by atoms with Gasteiger partial charge < -0.3 is 9.84 Å². The summed E-state index contributed by atoms with van der Waals surface area (Å²) in [5, 5.41) is 10.1. The number of alkyl halides is 1. The smallest absolute Gasteiger partial charge is 0.124 e. The topological polar surface area (TPSA) is 29.5 Å². The zero-order valence-electron chi connectivity index (χ0n) is 11.0. The van der Waals surface area contributed by atoms with Crippen LogP contribution < -0.4 is 4.74 Å². The van der Waals surface area contributed by atoms with Crippen molar-refractivity contribution in [1.82, 2.24) is 0 Å². The van der Waals surface area contributed by atoms with Crippen molar-refractivity contribution in [1.29, 1.82) is 0 Å². The summed E-state index contributed by atoms with van der Waals surface area (Å²) < 4.78 is 5.28. The molecule has 17 heavy (non-hydrogen) atoms. The molecule has 0 aliphatic carbocycles. The average Bonchev–Trinajstić information content (AvgIpc) is 2.27. The van der Waals surface area contributed by atoms with Gasteiger partial charge in [-0.3, -0.25) is 0 Å². The highest BCUT2D eigenvalue weighted by molar-refractivity contribution is 6.17. The van der Waals surface area contributed by atoms with Gasteiger partial charge in [0.05, 0.1) is 13.2 Å². The maximum Gasteiger partial charge on any atom is 0.124 e. The first-order valence-electron chi connectivity index (χ1n) is 5.82. The molecular formula is C14H21ClO2. The van der Waals surface area contributed by atoms with Crippen LogP contribution in [0.5, 0.6) is 5.75 Å². The minimum atomic E-state index is -0.565. The van der Waals surface area contributed by atoms with Crippen LogP contribution in [0.2, 0.25) is 0 Å². The number of hydrogen-bond acceptors (Lipinski definition) is 2. The van der Waals surface area contributed by atoms with E-state index in [4.69, 9.17) is 16.3 Å². The van der Waals surface area contributed by atoms with Crippen molar-refractivity contribution in [3.8, 4) is 5.75 Å². The maximum atomic E-state index is 10.1. The Morgan fingerprint density at radius 3 is 2.47 bits per heavy atom. The van der Waals surface area contributed by atoms with Crippen LogP contribution in [-0.4, -0.2) is 18.1 Å². The third-order valence-electron chi connectivity index (χ3n) is 2.84. The van der Waals surface area contributed by atoms with E-state index in [-0.39, 0.29) is 5.41 Å². The lowest BCUT2D eigenvalue weighted by atomic mass is 9.85. The van der Waals surface area contributed by atoms with Gasteiger partial charge in [-0.1, -0.05) is 26.8 Å². The fraction of sp³-hybridized carbons (Fsp3) is 0.571. The van der Waals surface area contributed by atoms with Gasteiger partial charge in [0.1, 0.15) is 5.75 Å². The van der Waals surface area contributed by atoms with Crippen molar-refractivity contribution in [2.75, 3.05) is 13.0 Å². The summed E-state index contributed by atoms with van der Waals surface area (Å²) in [5.41, 5.74) is 2.06. The van der Waals surface area contributed by atoms with Crippen LogP contribution in [0.25, 0.3) is 0 Å². The molecule has 1 rings (SSSR count). The lowest BCUT2D eigenvalue weighted by molar-refractivity contribution is 0.170. The summed E-state index contributed by atoms with van der Waals surface area (Å²) in [6, 6.07) is 5.96. The number of benzene rings is 1. The summed E-state index contributed by atoms with van der Waals surface area (Å²) in [6.07, 6.45) is -0.0318. The molecule has 0 aliphatic heterocycles. The van der Waals surface area contributed by atoms with Crippen LogP contribution in [-0.2, 0) is 5.41 Å². The Hall–Kier alpha value is -0.730. The van der Waals surface area contributed by atoms with Crippen LogP contribution in [0.4, 0.5) is 0 Å². The highest BCUT2D eigenvalue weighted by Gasteiger charge is 2.19. The molecule has 1 N–H and O–H groups in total. The van der Waals surface area contributed by atoms with Gasteiger partial charge in [-0.25, -0.2) is 0 Å². The van der Waals surface area contributed by atoms with Crippen LogP contribution in [0.15, 0.2) is 18.2 Å². The molecule has 3 heteroatoms. The minimum absolute atomic E-state index is 0.0572. The molecule has 96 valence electrons. The maximum absolute atomic E-state index is 10.1. The van der Waals surface area contributed by atoms with Crippen LogP contribution in [0.3, 0.4) is 0 Å². The van der Waals surface area contributed by atoms with Gasteiger partial charge in [0, 0.05) is 11.4 Å². The molecule has 0 fully saturated rings. The number of rotatable bonds is 4. The lowest BCUT2D eigenvalue weighted by Gasteiger charge is -2.22. The summed E-state index contributed by atoms with van der Waals surface area (Å²) in [5.74, 6) is 1.15. The fourth-order valence-corrected chi connectivity index (χ4v) is 1.93. The number of aliphatic hydroxyl groups is 1. The monoisotopic (exact) mass is 256 g/mol. The van der Waals surface area contributed by atoms with Gasteiger partial charge in [-0.2, -0.15) is 0 Å². The summed E-state index contributed by atoms with van der Waals surface area (Å²) in [4.78, 5) is 0. The second kappa shape index (κ2) is 5.74. The lowest BCUT2D eigenvalue weighted by Crippen LogP contribution is -2.12. The zero-order valence-corrected chi connectivity index (χ0v) is 11.7. The van der Waals surface area contributed by atoms with E-state index < -0.39 is 6.10 Å². The molecule has 2 nitrogen and oxygen atoms in total. The number of aliphatic hydroxyl groups excluding tert-OH is 1. The van der Waals surface area contributed by atoms with Crippen molar-refractivity contribution in [3.63, 3.8) is 0 Å². The van der Waals surface area contributed by atoms with E-state index in [0.717, 1.165) is 11.3 Å². The molecule has 0 saturated carbocycles. The van der Waals surface area contributed by atoms with E-state index >= 15 is 0 Å². The first-order chi connectivity index (χ1) is 7.90. The molecule has 0 radical (unpaired) electrons. The van der Waals surface area contributed by atoms with Crippen LogP contribution in [0, 0.1) is 0 Å². The molecular weight excluding hydrogens is 236 g/mol. The normalized spacial score (nSPS) is 13.5. The van der Waals surface area contributed by atoms with E-state index in [1.807, 2.05) is 18.2 Å². The van der Waals surface area contributed by atoms with Gasteiger partial charge >= 0.3 is 0 Å². The minimum Gasteiger partial charge on any atom is -0.496 e. The zero-order chi connectivity index (χ0) is 13.1. The molecule has 0 amide bonds. The third kappa shape index (κ3) is 3.62. The summed E-state index contributed by atoms with van der Waals surface area (Å²) >= 11 is 5.67. The fourth-order valence-electron chi connectivity index (χ4n) is 1.72. The van der Waals surface area contributed by atoms with Gasteiger partial charge in [0.15, 0.2) is 0 Å². The first kappa shape index (κ1) is 14.3. The van der Waals surface area contributed by atoms with Gasteiger partial charge in [-0.15, -0.1) is 11.6 Å². The standard InChI is InChI=1S/C14H21ClO2/c1-14(2,3)10-5-6-13(17-4)11(9-10)12(16)7-8-15/h5-6,9,12,16H,7-8H2,1-4H3. The number of hydrogen-bond donors (Lipinski definition) is 1. The predicted octanol–water partition coefficient (Wildman–Crippen LogP) is 3.66. The Balaban J connectivity index is 3.15. The Labute approximate surface area is 109 Å². The molecule has 0 bridgehead atoms. The quantitative estimate of drug-likeness (QED) is 0.834. The molecule has 1 atom stereocenters. The van der Waals surface area contributed by atoms with Crippen molar-refractivity contribution in [2.24, 2.45) is 0 Å². The molecule has 1 aromatic carbocycles. The van der Waals surface area contributed by atoms with Crippen molar-refractivity contribution in [2.45, 2.75) is 38.7 Å². The Bertz CT molecular complexity index is 369. The molecule has 0 spiro atoms. The average molecular weight is 257 g/mol. The SMILES string of the molecule is COc1ccc(C(C)(C)C)cc1C(O)CCCl. The second-order valence-corrected chi connectivity index (χ2v) is 5.58. The highest BCUT2D eigenvalue weighted by atomic mass is 35.5. The Morgan fingerprint density at radius 2 is 2.00 bits per heavy atom. The molecule has 1 aromatic rings. The van der Waals surface area contributed by atoms with E-state index in [0.29, 0.717) is 12.3 Å². The van der Waals surface area contributed by atoms with Crippen molar-refractivity contribution in [3.05, 3.63) is 29.3 Å². The molecule has 0 saturated heterocycles. The molecule has 0 aliphatic rings. The summed E-state index contributed by atoms with van der Waals surface area (Å²) in [6.45, 7) is 6.44. The van der Waals surface area contributed by atoms with E-state index in [1.165, 1.54) is 5.56 Å². The summed E-state index contributed by atoms with van der Waals surface area (Å²) in [7, 11) is 1.61. The second-order valence-electron chi connectivity index (χ2n) is 5.20. The molecule has 1 unspecified atom stereocenters. The third-order valence-corrected chi connectivity index (χ3v) is 3.06. The van der Waals surface area contributed by atoms with Gasteiger partial charge in [-0.05, 0) is 29.5 Å². The van der Waals surface area contributed by atoms with E-state index in [1.54, 1.807) is 7.11 Å². The predicted molar refractivity (Wildman–Crippen MR) is 72.0 cm³/mol. The van der Waals surface area contributed by atoms with Crippen LogP contribution in [0.1, 0.15) is 44.4 Å². The van der Waals surface area contributed by atoms with Crippen LogP contribution >= 0.6 is 11.6 Å². The molecule has 0 aromatic heterocycles. The molecule has 0 heterocycles. The number of halogens is 1. The first-order valence-corrected chi connectivity index (χ1v) is 6.36. The Morgan fingerprint density at radius 1 is 1.35 bits per heavy atom. The van der Waals surface area contributed by atoms with E-state index in [9.17, 15) is 5.11 Å². The Kier molecular flexibility index (Phi) is 4.84. The van der Waals surface area contributed by atoms with Crippen molar-refractivity contribution < 1.29 is 9.84 Å². The van der Waals surface area contributed by atoms with E-state index in [2.05, 4.69) is 20.8 Å².